The lowest BCUT2D eigenvalue weighted by atomic mass is 10.1. The molecule has 1 aromatic carbocycles. The van der Waals surface area contributed by atoms with E-state index < -0.39 is 0 Å². The van der Waals surface area contributed by atoms with Gasteiger partial charge in [0.05, 0.1) is 23.7 Å². The minimum absolute atomic E-state index is 0.0684. The van der Waals surface area contributed by atoms with Gasteiger partial charge in [-0.3, -0.25) is 4.40 Å². The molecule has 148 valence electrons. The number of hydrogen-bond donors (Lipinski definition) is 2. The third kappa shape index (κ3) is 3.82. The maximum Gasteiger partial charge on any atom is 0.223 e. The molecule has 0 saturated heterocycles. The molecule has 0 saturated carbocycles. The molecule has 0 spiro atoms. The van der Waals surface area contributed by atoms with Gasteiger partial charge in [0.25, 0.3) is 0 Å². The van der Waals surface area contributed by atoms with Crippen molar-refractivity contribution in [3.63, 3.8) is 0 Å². The van der Waals surface area contributed by atoms with Crippen LogP contribution in [0.4, 0.5) is 10.3 Å². The zero-order valence-corrected chi connectivity index (χ0v) is 16.3. The Morgan fingerprint density at radius 2 is 1.93 bits per heavy atom. The fraction of sp³-hybridized carbons (Fsp3) is 0.227. The first kappa shape index (κ1) is 19.0. The maximum atomic E-state index is 13.5. The van der Waals surface area contributed by atoms with Gasteiger partial charge in [-0.25, -0.2) is 19.3 Å². The van der Waals surface area contributed by atoms with Crippen molar-refractivity contribution in [1.82, 2.24) is 19.4 Å². The summed E-state index contributed by atoms with van der Waals surface area (Å²) in [5, 5.41) is 12.8. The Kier molecular flexibility index (Phi) is 5.22. The summed E-state index contributed by atoms with van der Waals surface area (Å²) in [7, 11) is 0. The number of nitrogens with one attached hydrogen (secondary N) is 1. The van der Waals surface area contributed by atoms with Crippen LogP contribution in [-0.2, 0) is 6.61 Å². The number of aliphatic hydroxyl groups excluding tert-OH is 1. The van der Waals surface area contributed by atoms with Crippen molar-refractivity contribution in [3.8, 4) is 22.6 Å². The van der Waals surface area contributed by atoms with E-state index in [1.165, 1.54) is 12.1 Å². The van der Waals surface area contributed by atoms with Gasteiger partial charge in [0.2, 0.25) is 5.95 Å². The first-order chi connectivity index (χ1) is 14.1. The number of anilines is 1. The second-order valence-electron chi connectivity index (χ2n) is 6.96. The Morgan fingerprint density at radius 3 is 2.66 bits per heavy atom. The van der Waals surface area contributed by atoms with Crippen LogP contribution >= 0.6 is 0 Å². The topological polar surface area (TPSA) is 75.3 Å². The molecule has 0 radical (unpaired) electrons. The highest BCUT2D eigenvalue weighted by Crippen LogP contribution is 2.32. The normalized spacial score (nSPS) is 12.3. The monoisotopic (exact) mass is 391 g/mol. The number of rotatable bonds is 6. The average Bonchev–Trinajstić information content (AvgIpc) is 3.12. The minimum Gasteiger partial charge on any atom is -0.392 e. The molecule has 2 N–H and O–H groups in total. The van der Waals surface area contributed by atoms with E-state index in [1.54, 1.807) is 18.3 Å². The molecular weight excluding hydrogens is 369 g/mol. The van der Waals surface area contributed by atoms with Crippen molar-refractivity contribution < 1.29 is 9.50 Å². The molecule has 4 rings (SSSR count). The second-order valence-corrected chi connectivity index (χ2v) is 6.96. The quantitative estimate of drug-likeness (QED) is 0.513. The van der Waals surface area contributed by atoms with E-state index in [-0.39, 0.29) is 18.5 Å². The Labute approximate surface area is 168 Å². The van der Waals surface area contributed by atoms with Gasteiger partial charge in [-0.2, -0.15) is 0 Å². The summed E-state index contributed by atoms with van der Waals surface area (Å²) in [4.78, 5) is 13.8. The molecule has 1 unspecified atom stereocenters. The number of hydrogen-bond acceptors (Lipinski definition) is 5. The molecule has 7 heteroatoms. The number of pyridine rings is 1. The third-order valence-corrected chi connectivity index (χ3v) is 4.88. The standard InChI is InChI=1S/C22H22FN5O/c1-3-14(2)25-22-24-10-8-18(26-22)21-20(16-4-6-17(23)7-5-16)27-19-12-15(13-29)9-11-28(19)21/h4-12,14,29H,3,13H2,1-2H3,(H,24,25,26). The summed E-state index contributed by atoms with van der Waals surface area (Å²) in [6.07, 6.45) is 4.52. The summed E-state index contributed by atoms with van der Waals surface area (Å²) in [5.41, 5.74) is 4.40. The van der Waals surface area contributed by atoms with E-state index in [2.05, 4.69) is 24.1 Å². The van der Waals surface area contributed by atoms with Crippen LogP contribution in [0.25, 0.3) is 28.3 Å². The molecule has 0 aliphatic heterocycles. The average molecular weight is 391 g/mol. The smallest absolute Gasteiger partial charge is 0.223 e. The maximum absolute atomic E-state index is 13.5. The van der Waals surface area contributed by atoms with Gasteiger partial charge in [-0.15, -0.1) is 0 Å². The summed E-state index contributed by atoms with van der Waals surface area (Å²) in [5.74, 6) is 0.243. The molecule has 6 nitrogen and oxygen atoms in total. The van der Waals surface area contributed by atoms with Crippen LogP contribution in [0.3, 0.4) is 0 Å². The molecule has 0 aliphatic rings. The lowest BCUT2D eigenvalue weighted by Crippen LogP contribution is -2.15. The highest BCUT2D eigenvalue weighted by atomic mass is 19.1. The Hall–Kier alpha value is -3.32. The van der Waals surface area contributed by atoms with Gasteiger partial charge in [0.1, 0.15) is 11.5 Å². The molecule has 29 heavy (non-hydrogen) atoms. The number of imidazole rings is 1. The van der Waals surface area contributed by atoms with Crippen molar-refractivity contribution in [2.45, 2.75) is 32.9 Å². The molecule has 0 aliphatic carbocycles. The number of aromatic nitrogens is 4. The van der Waals surface area contributed by atoms with Crippen molar-refractivity contribution in [1.29, 1.82) is 0 Å². The van der Waals surface area contributed by atoms with Gasteiger partial charge < -0.3 is 10.4 Å². The van der Waals surface area contributed by atoms with Crippen LogP contribution in [0.2, 0.25) is 0 Å². The van der Waals surface area contributed by atoms with E-state index in [0.29, 0.717) is 23.0 Å². The van der Waals surface area contributed by atoms with Crippen LogP contribution in [0.15, 0.2) is 54.9 Å². The van der Waals surface area contributed by atoms with Gasteiger partial charge in [0.15, 0.2) is 0 Å². The van der Waals surface area contributed by atoms with Crippen molar-refractivity contribution in [3.05, 3.63) is 66.2 Å². The molecule has 0 bridgehead atoms. The Morgan fingerprint density at radius 1 is 1.14 bits per heavy atom. The summed E-state index contributed by atoms with van der Waals surface area (Å²) < 4.78 is 15.4. The summed E-state index contributed by atoms with van der Waals surface area (Å²) in [6.45, 7) is 4.10. The lowest BCUT2D eigenvalue weighted by Gasteiger charge is -2.12. The summed E-state index contributed by atoms with van der Waals surface area (Å²) in [6, 6.07) is 12.0. The fourth-order valence-corrected chi connectivity index (χ4v) is 3.12. The molecule has 0 fully saturated rings. The number of benzene rings is 1. The molecule has 3 aromatic heterocycles. The van der Waals surface area contributed by atoms with Crippen molar-refractivity contribution in [2.75, 3.05) is 5.32 Å². The van der Waals surface area contributed by atoms with Gasteiger partial charge in [-0.1, -0.05) is 6.92 Å². The van der Waals surface area contributed by atoms with E-state index in [0.717, 1.165) is 23.2 Å². The SMILES string of the molecule is CCC(C)Nc1nccc(-c2c(-c3ccc(F)cc3)nc3cc(CO)ccn23)n1. The largest absolute Gasteiger partial charge is 0.392 e. The van der Waals surface area contributed by atoms with Gasteiger partial charge >= 0.3 is 0 Å². The number of fused-ring (bicyclic) bond motifs is 1. The number of aliphatic hydroxyl groups is 1. The second kappa shape index (κ2) is 7.97. The molecule has 3 heterocycles. The van der Waals surface area contributed by atoms with Crippen molar-refractivity contribution in [2.24, 2.45) is 0 Å². The lowest BCUT2D eigenvalue weighted by molar-refractivity contribution is 0.282. The fourth-order valence-electron chi connectivity index (χ4n) is 3.12. The number of nitrogens with zero attached hydrogens (tertiary/aromatic N) is 4. The Balaban J connectivity index is 1.91. The first-order valence-electron chi connectivity index (χ1n) is 9.56. The van der Waals surface area contributed by atoms with Crippen LogP contribution in [0.1, 0.15) is 25.8 Å². The third-order valence-electron chi connectivity index (χ3n) is 4.88. The minimum atomic E-state index is -0.302. The number of halogens is 1. The first-order valence-corrected chi connectivity index (χ1v) is 9.56. The molecular formula is C22H22FN5O. The van der Waals surface area contributed by atoms with E-state index in [1.807, 2.05) is 28.8 Å². The molecule has 4 aromatic rings. The van der Waals surface area contributed by atoms with E-state index in [9.17, 15) is 9.50 Å². The zero-order chi connectivity index (χ0) is 20.4. The highest BCUT2D eigenvalue weighted by molar-refractivity contribution is 5.80. The Bertz CT molecular complexity index is 1140. The molecule has 1 atom stereocenters. The predicted octanol–water partition coefficient (Wildman–Crippen LogP) is 4.30. The van der Waals surface area contributed by atoms with E-state index >= 15 is 0 Å². The van der Waals surface area contributed by atoms with Crippen molar-refractivity contribution >= 4 is 11.6 Å². The van der Waals surface area contributed by atoms with Gasteiger partial charge in [0, 0.05) is 24.0 Å². The van der Waals surface area contributed by atoms with E-state index in [4.69, 9.17) is 9.97 Å². The highest BCUT2D eigenvalue weighted by Gasteiger charge is 2.18. The zero-order valence-electron chi connectivity index (χ0n) is 16.3. The van der Waals surface area contributed by atoms with Crippen LogP contribution < -0.4 is 5.32 Å². The predicted molar refractivity (Wildman–Crippen MR) is 111 cm³/mol. The van der Waals surface area contributed by atoms with Crippen LogP contribution in [0, 0.1) is 5.82 Å². The molecule has 0 amide bonds. The van der Waals surface area contributed by atoms with Crippen LogP contribution in [-0.4, -0.2) is 30.5 Å². The van der Waals surface area contributed by atoms with Gasteiger partial charge in [-0.05, 0) is 61.4 Å². The van der Waals surface area contributed by atoms with Crippen LogP contribution in [0.5, 0.6) is 0 Å². The summed E-state index contributed by atoms with van der Waals surface area (Å²) >= 11 is 0.